The Bertz CT molecular complexity index is 445. The van der Waals surface area contributed by atoms with Crippen LogP contribution in [0.4, 0.5) is 0 Å². The SMILES string of the molecule is CCn1nc(-c2ccccc2)cc1CNC. The quantitative estimate of drug-likeness (QED) is 0.848. The van der Waals surface area contributed by atoms with Gasteiger partial charge in [0.05, 0.1) is 11.4 Å². The molecule has 2 rings (SSSR count). The topological polar surface area (TPSA) is 29.9 Å². The van der Waals surface area contributed by atoms with Gasteiger partial charge in [0.2, 0.25) is 0 Å². The predicted octanol–water partition coefficient (Wildman–Crippen LogP) is 2.29. The molecule has 0 spiro atoms. The molecule has 3 heteroatoms. The third-order valence-electron chi connectivity index (χ3n) is 2.59. The Morgan fingerprint density at radius 1 is 1.25 bits per heavy atom. The van der Waals surface area contributed by atoms with Gasteiger partial charge in [-0.05, 0) is 20.0 Å². The molecular weight excluding hydrogens is 198 g/mol. The minimum absolute atomic E-state index is 0.855. The summed E-state index contributed by atoms with van der Waals surface area (Å²) in [7, 11) is 1.95. The summed E-state index contributed by atoms with van der Waals surface area (Å²) in [5.74, 6) is 0. The van der Waals surface area contributed by atoms with Gasteiger partial charge in [-0.1, -0.05) is 30.3 Å². The Hall–Kier alpha value is -1.61. The second-order valence-electron chi connectivity index (χ2n) is 3.73. The van der Waals surface area contributed by atoms with Crippen LogP contribution in [0.25, 0.3) is 11.3 Å². The van der Waals surface area contributed by atoms with E-state index < -0.39 is 0 Å². The molecule has 16 heavy (non-hydrogen) atoms. The van der Waals surface area contributed by atoms with Gasteiger partial charge in [0.15, 0.2) is 0 Å². The van der Waals surface area contributed by atoms with E-state index in [0.717, 1.165) is 18.8 Å². The molecule has 1 heterocycles. The van der Waals surface area contributed by atoms with Crippen molar-refractivity contribution in [2.24, 2.45) is 0 Å². The average Bonchev–Trinajstić information content (AvgIpc) is 2.74. The Labute approximate surface area is 96.1 Å². The molecule has 0 fully saturated rings. The first-order valence-corrected chi connectivity index (χ1v) is 5.62. The van der Waals surface area contributed by atoms with Crippen molar-refractivity contribution in [3.63, 3.8) is 0 Å². The molecule has 0 unspecified atom stereocenters. The van der Waals surface area contributed by atoms with Crippen LogP contribution in [-0.2, 0) is 13.1 Å². The van der Waals surface area contributed by atoms with Crippen LogP contribution in [0.5, 0.6) is 0 Å². The van der Waals surface area contributed by atoms with Crippen LogP contribution >= 0.6 is 0 Å². The highest BCUT2D eigenvalue weighted by molar-refractivity contribution is 5.59. The van der Waals surface area contributed by atoms with E-state index in [1.807, 2.05) is 29.9 Å². The predicted molar refractivity (Wildman–Crippen MR) is 66.1 cm³/mol. The van der Waals surface area contributed by atoms with Crippen molar-refractivity contribution in [3.05, 3.63) is 42.1 Å². The second-order valence-corrected chi connectivity index (χ2v) is 3.73. The lowest BCUT2D eigenvalue weighted by molar-refractivity contribution is 0.604. The number of aromatic nitrogens is 2. The summed E-state index contributed by atoms with van der Waals surface area (Å²) < 4.78 is 2.04. The van der Waals surface area contributed by atoms with E-state index in [9.17, 15) is 0 Å². The van der Waals surface area contributed by atoms with Crippen LogP contribution in [0.15, 0.2) is 36.4 Å². The third kappa shape index (κ3) is 2.14. The number of rotatable bonds is 4. The van der Waals surface area contributed by atoms with Crippen LogP contribution in [0.2, 0.25) is 0 Å². The Morgan fingerprint density at radius 3 is 2.62 bits per heavy atom. The van der Waals surface area contributed by atoms with E-state index in [2.05, 4.69) is 35.5 Å². The first-order chi connectivity index (χ1) is 7.85. The van der Waals surface area contributed by atoms with Gasteiger partial charge in [0, 0.05) is 18.7 Å². The molecule has 1 aromatic carbocycles. The van der Waals surface area contributed by atoms with Crippen LogP contribution in [0.1, 0.15) is 12.6 Å². The van der Waals surface area contributed by atoms with Crippen LogP contribution in [0.3, 0.4) is 0 Å². The molecule has 0 radical (unpaired) electrons. The summed E-state index contributed by atoms with van der Waals surface area (Å²) >= 11 is 0. The molecule has 2 aromatic rings. The first-order valence-electron chi connectivity index (χ1n) is 5.62. The largest absolute Gasteiger partial charge is 0.314 e. The van der Waals surface area contributed by atoms with Gasteiger partial charge in [0.25, 0.3) is 0 Å². The highest BCUT2D eigenvalue weighted by Gasteiger charge is 2.06. The highest BCUT2D eigenvalue weighted by Crippen LogP contribution is 2.18. The second kappa shape index (κ2) is 4.94. The van der Waals surface area contributed by atoms with Gasteiger partial charge in [-0.2, -0.15) is 5.10 Å². The fourth-order valence-electron chi connectivity index (χ4n) is 1.80. The van der Waals surface area contributed by atoms with Gasteiger partial charge >= 0.3 is 0 Å². The number of hydrogen-bond donors (Lipinski definition) is 1. The lowest BCUT2D eigenvalue weighted by atomic mass is 10.1. The zero-order valence-electron chi connectivity index (χ0n) is 9.77. The minimum atomic E-state index is 0.855. The standard InChI is InChI=1S/C13H17N3/c1-3-16-12(10-14-2)9-13(15-16)11-7-5-4-6-8-11/h4-9,14H,3,10H2,1-2H3. The maximum Gasteiger partial charge on any atom is 0.0926 e. The highest BCUT2D eigenvalue weighted by atomic mass is 15.3. The summed E-state index contributed by atoms with van der Waals surface area (Å²) in [6.07, 6.45) is 0. The van der Waals surface area contributed by atoms with E-state index in [1.54, 1.807) is 0 Å². The maximum absolute atomic E-state index is 4.59. The van der Waals surface area contributed by atoms with Crippen molar-refractivity contribution < 1.29 is 0 Å². The van der Waals surface area contributed by atoms with Crippen molar-refractivity contribution in [2.75, 3.05) is 7.05 Å². The number of nitrogens with one attached hydrogen (secondary N) is 1. The first kappa shape index (κ1) is 10.9. The Morgan fingerprint density at radius 2 is 2.00 bits per heavy atom. The maximum atomic E-state index is 4.59. The molecular formula is C13H17N3. The average molecular weight is 215 g/mol. The summed E-state index contributed by atoms with van der Waals surface area (Å²) in [6.45, 7) is 3.87. The molecule has 0 aliphatic rings. The lowest BCUT2D eigenvalue weighted by Gasteiger charge is -2.01. The summed E-state index contributed by atoms with van der Waals surface area (Å²) in [5.41, 5.74) is 3.45. The molecule has 1 aromatic heterocycles. The van der Waals surface area contributed by atoms with Gasteiger partial charge in [-0.15, -0.1) is 0 Å². The summed E-state index contributed by atoms with van der Waals surface area (Å²) in [5, 5.41) is 7.76. The van der Waals surface area contributed by atoms with Gasteiger partial charge < -0.3 is 5.32 Å². The molecule has 3 nitrogen and oxygen atoms in total. The zero-order valence-corrected chi connectivity index (χ0v) is 9.77. The van der Waals surface area contributed by atoms with Gasteiger partial charge in [0.1, 0.15) is 0 Å². The molecule has 0 aliphatic heterocycles. The fraction of sp³-hybridized carbons (Fsp3) is 0.308. The van der Waals surface area contributed by atoms with Crippen molar-refractivity contribution in [3.8, 4) is 11.3 Å². The van der Waals surface area contributed by atoms with E-state index in [0.29, 0.717) is 0 Å². The smallest absolute Gasteiger partial charge is 0.0926 e. The van der Waals surface area contributed by atoms with E-state index in [4.69, 9.17) is 0 Å². The van der Waals surface area contributed by atoms with Crippen molar-refractivity contribution >= 4 is 0 Å². The van der Waals surface area contributed by atoms with Crippen molar-refractivity contribution in [1.82, 2.24) is 15.1 Å². The molecule has 0 aliphatic carbocycles. The van der Waals surface area contributed by atoms with Crippen molar-refractivity contribution in [2.45, 2.75) is 20.0 Å². The van der Waals surface area contributed by atoms with E-state index in [1.165, 1.54) is 11.3 Å². The molecule has 1 N–H and O–H groups in total. The normalized spacial score (nSPS) is 10.6. The number of hydrogen-bond acceptors (Lipinski definition) is 2. The molecule has 0 atom stereocenters. The zero-order chi connectivity index (χ0) is 11.4. The molecule has 0 saturated heterocycles. The number of aryl methyl sites for hydroxylation is 1. The monoisotopic (exact) mass is 215 g/mol. The number of benzene rings is 1. The lowest BCUT2D eigenvalue weighted by Crippen LogP contribution is -2.11. The van der Waals surface area contributed by atoms with Crippen LogP contribution in [-0.4, -0.2) is 16.8 Å². The van der Waals surface area contributed by atoms with Gasteiger partial charge in [-0.25, -0.2) is 0 Å². The molecule has 0 saturated carbocycles. The van der Waals surface area contributed by atoms with E-state index in [-0.39, 0.29) is 0 Å². The van der Waals surface area contributed by atoms with E-state index >= 15 is 0 Å². The molecule has 0 bridgehead atoms. The Balaban J connectivity index is 2.36. The minimum Gasteiger partial charge on any atom is -0.314 e. The molecule has 84 valence electrons. The van der Waals surface area contributed by atoms with Crippen LogP contribution < -0.4 is 5.32 Å². The Kier molecular flexibility index (Phi) is 3.37. The fourth-order valence-corrected chi connectivity index (χ4v) is 1.80. The van der Waals surface area contributed by atoms with Gasteiger partial charge in [-0.3, -0.25) is 4.68 Å². The molecule has 0 amide bonds. The van der Waals surface area contributed by atoms with Crippen molar-refractivity contribution in [1.29, 1.82) is 0 Å². The number of nitrogens with zero attached hydrogens (tertiary/aromatic N) is 2. The summed E-state index contributed by atoms with van der Waals surface area (Å²) in [4.78, 5) is 0. The van der Waals surface area contributed by atoms with Crippen LogP contribution in [0, 0.1) is 0 Å². The summed E-state index contributed by atoms with van der Waals surface area (Å²) in [6, 6.07) is 12.4. The third-order valence-corrected chi connectivity index (χ3v) is 2.59.